The second-order valence-electron chi connectivity index (χ2n) is 8.87. The lowest BCUT2D eigenvalue weighted by atomic mass is 9.90. The predicted octanol–water partition coefficient (Wildman–Crippen LogP) is 5.63. The van der Waals surface area contributed by atoms with E-state index in [0.29, 0.717) is 16.8 Å². The summed E-state index contributed by atoms with van der Waals surface area (Å²) in [6.07, 6.45) is 4.08. The molecular weight excluding hydrogens is 438 g/mol. The van der Waals surface area contributed by atoms with E-state index in [4.69, 9.17) is 4.74 Å². The summed E-state index contributed by atoms with van der Waals surface area (Å²) in [5.41, 5.74) is 2.38. The molecule has 0 radical (unpaired) electrons. The molecule has 2 heterocycles. The van der Waals surface area contributed by atoms with Crippen LogP contribution in [-0.4, -0.2) is 33.2 Å². The van der Waals surface area contributed by atoms with Crippen LogP contribution in [-0.2, 0) is 4.74 Å². The summed E-state index contributed by atoms with van der Waals surface area (Å²) in [5, 5.41) is 3.68. The van der Waals surface area contributed by atoms with Gasteiger partial charge in [0.2, 0.25) is 0 Å². The van der Waals surface area contributed by atoms with E-state index >= 15 is 0 Å². The van der Waals surface area contributed by atoms with Crippen LogP contribution in [0.5, 0.6) is 0 Å². The molecule has 4 rings (SSSR count). The number of nitrogens with one attached hydrogen (secondary N) is 1. The number of hydrogen-bond donors (Lipinski definition) is 1. The quantitative estimate of drug-likeness (QED) is 0.416. The summed E-state index contributed by atoms with van der Waals surface area (Å²) in [5.74, 6) is -2.11. The molecule has 8 heteroatoms. The topological polar surface area (TPSA) is 77.0 Å². The molecule has 1 N–H and O–H groups in total. The molecule has 0 aliphatic heterocycles. The van der Waals surface area contributed by atoms with Gasteiger partial charge in [0.1, 0.15) is 23.6 Å². The van der Waals surface area contributed by atoms with E-state index in [1.54, 1.807) is 33.2 Å². The maximum absolute atomic E-state index is 14.1. The van der Waals surface area contributed by atoms with Crippen LogP contribution in [0.4, 0.5) is 13.6 Å². The van der Waals surface area contributed by atoms with E-state index in [2.05, 4.69) is 20.3 Å². The average Bonchev–Trinajstić information content (AvgIpc) is 2.77. The smallest absolute Gasteiger partial charge is 0.407 e. The Morgan fingerprint density at radius 2 is 1.82 bits per heavy atom. The molecule has 34 heavy (non-hydrogen) atoms. The van der Waals surface area contributed by atoms with Crippen molar-refractivity contribution in [1.82, 2.24) is 20.3 Å². The minimum atomic E-state index is -0.720. The Bertz CT molecular complexity index is 1320. The molecule has 0 saturated heterocycles. The van der Waals surface area contributed by atoms with Crippen molar-refractivity contribution in [2.75, 3.05) is 6.54 Å². The van der Waals surface area contributed by atoms with Gasteiger partial charge in [0, 0.05) is 41.9 Å². The number of hydrogen-bond acceptors (Lipinski definition) is 5. The van der Waals surface area contributed by atoms with Crippen LogP contribution in [0.15, 0.2) is 67.3 Å². The molecule has 174 valence electrons. The Morgan fingerprint density at radius 1 is 1.06 bits per heavy atom. The molecular formula is C26H24F2N4O2. The molecule has 0 saturated carbocycles. The summed E-state index contributed by atoms with van der Waals surface area (Å²) >= 11 is 0. The van der Waals surface area contributed by atoms with Crippen molar-refractivity contribution in [2.45, 2.75) is 32.3 Å². The third-order valence-corrected chi connectivity index (χ3v) is 5.13. The molecule has 2 aromatic carbocycles. The third kappa shape index (κ3) is 5.51. The highest BCUT2D eigenvalue weighted by Gasteiger charge is 2.24. The largest absolute Gasteiger partial charge is 0.444 e. The Morgan fingerprint density at radius 3 is 2.56 bits per heavy atom. The highest BCUT2D eigenvalue weighted by Crippen LogP contribution is 2.33. The zero-order valence-electron chi connectivity index (χ0n) is 19.0. The summed E-state index contributed by atoms with van der Waals surface area (Å²) in [6.45, 7) is 5.26. The van der Waals surface area contributed by atoms with E-state index < -0.39 is 29.2 Å². The molecule has 0 aliphatic rings. The van der Waals surface area contributed by atoms with Gasteiger partial charge in [-0.05, 0) is 56.2 Å². The van der Waals surface area contributed by atoms with Gasteiger partial charge >= 0.3 is 6.09 Å². The van der Waals surface area contributed by atoms with Crippen molar-refractivity contribution in [1.29, 1.82) is 0 Å². The number of carbonyl (C=O) groups is 1. The number of benzene rings is 2. The van der Waals surface area contributed by atoms with Gasteiger partial charge in [0.25, 0.3) is 0 Å². The fourth-order valence-corrected chi connectivity index (χ4v) is 3.72. The van der Waals surface area contributed by atoms with E-state index in [0.717, 1.165) is 22.5 Å². The normalized spacial score (nSPS) is 12.4. The number of alkyl carbamates (subject to hydrolysis) is 1. The Labute approximate surface area is 196 Å². The Hall–Kier alpha value is -3.94. The van der Waals surface area contributed by atoms with Crippen molar-refractivity contribution < 1.29 is 18.3 Å². The van der Waals surface area contributed by atoms with Crippen molar-refractivity contribution in [3.63, 3.8) is 0 Å². The van der Waals surface area contributed by atoms with Gasteiger partial charge in [0.15, 0.2) is 0 Å². The van der Waals surface area contributed by atoms with Crippen molar-refractivity contribution in [3.05, 3.63) is 90.1 Å². The van der Waals surface area contributed by atoms with Gasteiger partial charge < -0.3 is 10.1 Å². The Kier molecular flexibility index (Phi) is 6.49. The molecule has 0 fully saturated rings. The zero-order chi connectivity index (χ0) is 24.3. The van der Waals surface area contributed by atoms with Gasteiger partial charge in [0.05, 0.1) is 11.2 Å². The summed E-state index contributed by atoms with van der Waals surface area (Å²) in [4.78, 5) is 25.4. The predicted molar refractivity (Wildman–Crippen MR) is 125 cm³/mol. The van der Waals surface area contributed by atoms with Crippen LogP contribution in [0.25, 0.3) is 22.0 Å². The highest BCUT2D eigenvalue weighted by atomic mass is 19.1. The first-order chi connectivity index (χ1) is 16.2. The second kappa shape index (κ2) is 9.51. The molecule has 0 unspecified atom stereocenters. The van der Waals surface area contributed by atoms with Crippen LogP contribution < -0.4 is 5.32 Å². The number of halogens is 2. The van der Waals surface area contributed by atoms with Gasteiger partial charge in [-0.25, -0.2) is 23.5 Å². The van der Waals surface area contributed by atoms with Gasteiger partial charge in [-0.2, -0.15) is 0 Å². The number of carbonyl (C=O) groups excluding carboxylic acids is 1. The maximum atomic E-state index is 14.1. The SMILES string of the molecule is CC(C)(C)OC(=O)NC[C@H](c1cc(F)cc(F)c1)c1ncncc1-c1ccc2cccnc2c1. The summed E-state index contributed by atoms with van der Waals surface area (Å²) < 4.78 is 33.6. The van der Waals surface area contributed by atoms with Crippen molar-refractivity contribution in [2.24, 2.45) is 0 Å². The van der Waals surface area contributed by atoms with Gasteiger partial charge in [-0.15, -0.1) is 0 Å². The maximum Gasteiger partial charge on any atom is 0.407 e. The Balaban J connectivity index is 1.77. The first-order valence-electron chi connectivity index (χ1n) is 10.8. The van der Waals surface area contributed by atoms with Crippen LogP contribution in [0.3, 0.4) is 0 Å². The fourth-order valence-electron chi connectivity index (χ4n) is 3.72. The number of rotatable bonds is 5. The molecule has 0 bridgehead atoms. The van der Waals surface area contributed by atoms with Crippen molar-refractivity contribution in [3.8, 4) is 11.1 Å². The lowest BCUT2D eigenvalue weighted by Crippen LogP contribution is -2.35. The highest BCUT2D eigenvalue weighted by molar-refractivity contribution is 5.84. The van der Waals surface area contributed by atoms with Crippen LogP contribution in [0.2, 0.25) is 0 Å². The third-order valence-electron chi connectivity index (χ3n) is 5.13. The van der Waals surface area contributed by atoms with Gasteiger partial charge in [-0.3, -0.25) is 4.98 Å². The molecule has 1 amide bonds. The van der Waals surface area contributed by atoms with Crippen LogP contribution >= 0.6 is 0 Å². The van der Waals surface area contributed by atoms with Gasteiger partial charge in [-0.1, -0.05) is 18.2 Å². The first kappa shape index (κ1) is 23.2. The number of nitrogens with zero attached hydrogens (tertiary/aromatic N) is 3. The minimum absolute atomic E-state index is 0.00759. The number of aromatic nitrogens is 3. The molecule has 0 spiro atoms. The first-order valence-corrected chi connectivity index (χ1v) is 10.8. The van der Waals surface area contributed by atoms with E-state index in [9.17, 15) is 13.6 Å². The molecule has 6 nitrogen and oxygen atoms in total. The average molecular weight is 463 g/mol. The van der Waals surface area contributed by atoms with E-state index in [1.165, 1.54) is 18.5 Å². The lowest BCUT2D eigenvalue weighted by Gasteiger charge is -2.23. The molecule has 4 aromatic rings. The number of fused-ring (bicyclic) bond motifs is 1. The minimum Gasteiger partial charge on any atom is -0.444 e. The number of pyridine rings is 1. The van der Waals surface area contributed by atoms with Crippen molar-refractivity contribution >= 4 is 17.0 Å². The zero-order valence-corrected chi connectivity index (χ0v) is 19.0. The molecule has 2 aromatic heterocycles. The van der Waals surface area contributed by atoms with Crippen LogP contribution in [0, 0.1) is 11.6 Å². The van der Waals surface area contributed by atoms with Crippen LogP contribution in [0.1, 0.15) is 37.9 Å². The fraction of sp³-hybridized carbons (Fsp3) is 0.231. The number of ether oxygens (including phenoxy) is 1. The van der Waals surface area contributed by atoms with E-state index in [-0.39, 0.29) is 6.54 Å². The second-order valence-corrected chi connectivity index (χ2v) is 8.87. The molecule has 0 aliphatic carbocycles. The monoisotopic (exact) mass is 462 g/mol. The standard InChI is InChI=1S/C26H24F2N4O2/c1-26(2,3)34-25(33)31-14-22(18-9-19(27)12-20(28)10-18)24-21(13-29-15-32-24)17-7-6-16-5-4-8-30-23(16)11-17/h4-13,15,22H,14H2,1-3H3,(H,31,33)/t22-/m1/s1. The summed E-state index contributed by atoms with van der Waals surface area (Å²) in [6, 6.07) is 12.8. The van der Waals surface area contributed by atoms with E-state index in [1.807, 2.05) is 30.3 Å². The number of amides is 1. The molecule has 1 atom stereocenters. The summed E-state index contributed by atoms with van der Waals surface area (Å²) in [7, 11) is 0. The lowest BCUT2D eigenvalue weighted by molar-refractivity contribution is 0.0526.